The summed E-state index contributed by atoms with van der Waals surface area (Å²) in [6, 6.07) is 8.45. The summed E-state index contributed by atoms with van der Waals surface area (Å²) in [4.78, 5) is 15.1. The average Bonchev–Trinajstić information content (AvgIpc) is 2.55. The lowest BCUT2D eigenvalue weighted by Crippen LogP contribution is -2.52. The van der Waals surface area contributed by atoms with Crippen molar-refractivity contribution in [3.8, 4) is 0 Å². The van der Waals surface area contributed by atoms with Crippen molar-refractivity contribution >= 4 is 18.3 Å². The zero-order valence-electron chi connectivity index (χ0n) is 13.1. The number of amides is 1. The molecule has 0 atom stereocenters. The van der Waals surface area contributed by atoms with Crippen molar-refractivity contribution in [2.24, 2.45) is 5.41 Å². The molecule has 122 valence electrons. The number of carbonyl (C=O) groups is 1. The molecule has 1 saturated heterocycles. The Bertz CT molecular complexity index is 510. The quantitative estimate of drug-likeness (QED) is 0.924. The van der Waals surface area contributed by atoms with Crippen LogP contribution in [-0.4, -0.2) is 44.2 Å². The van der Waals surface area contributed by atoms with Gasteiger partial charge in [-0.15, -0.1) is 12.4 Å². The van der Waals surface area contributed by atoms with Crippen molar-refractivity contribution in [3.05, 3.63) is 35.4 Å². The summed E-state index contributed by atoms with van der Waals surface area (Å²) in [7, 11) is 1.70. The van der Waals surface area contributed by atoms with Crippen molar-refractivity contribution in [3.63, 3.8) is 0 Å². The molecule has 0 aliphatic carbocycles. The second-order valence-electron chi connectivity index (χ2n) is 6.21. The van der Waals surface area contributed by atoms with E-state index in [1.165, 1.54) is 11.1 Å². The highest BCUT2D eigenvalue weighted by atomic mass is 35.5. The number of ether oxygens (including phenoxy) is 1. The predicted molar refractivity (Wildman–Crippen MR) is 89.2 cm³/mol. The fourth-order valence-corrected chi connectivity index (χ4v) is 3.61. The van der Waals surface area contributed by atoms with Gasteiger partial charge in [-0.25, -0.2) is 0 Å². The number of piperidine rings is 1. The summed E-state index contributed by atoms with van der Waals surface area (Å²) in [5, 5.41) is 3.35. The number of nitrogens with one attached hydrogen (secondary N) is 1. The van der Waals surface area contributed by atoms with Crippen LogP contribution >= 0.6 is 12.4 Å². The molecule has 4 nitrogen and oxygen atoms in total. The molecule has 0 spiro atoms. The van der Waals surface area contributed by atoms with Crippen molar-refractivity contribution in [2.45, 2.75) is 25.8 Å². The zero-order chi connectivity index (χ0) is 14.7. The molecule has 2 heterocycles. The highest BCUT2D eigenvalue weighted by Crippen LogP contribution is 2.33. The highest BCUT2D eigenvalue weighted by molar-refractivity contribution is 5.85. The Balaban J connectivity index is 0.00000176. The second kappa shape index (κ2) is 7.44. The summed E-state index contributed by atoms with van der Waals surface area (Å²) in [6.07, 6.45) is 2.71. The Labute approximate surface area is 138 Å². The minimum atomic E-state index is -0.327. The van der Waals surface area contributed by atoms with Crippen LogP contribution in [-0.2, 0) is 22.5 Å². The summed E-state index contributed by atoms with van der Waals surface area (Å²) in [5.74, 6) is 0.278. The molecule has 0 aromatic heterocycles. The molecule has 5 heteroatoms. The predicted octanol–water partition coefficient (Wildman–Crippen LogP) is 2.01. The lowest BCUT2D eigenvalue weighted by molar-refractivity contribution is -0.148. The molecule has 1 aromatic carbocycles. The van der Waals surface area contributed by atoms with E-state index in [1.54, 1.807) is 7.11 Å². The molecule has 0 radical (unpaired) electrons. The van der Waals surface area contributed by atoms with Gasteiger partial charge in [0.2, 0.25) is 5.91 Å². The van der Waals surface area contributed by atoms with Gasteiger partial charge in [-0.3, -0.25) is 4.79 Å². The van der Waals surface area contributed by atoms with Crippen molar-refractivity contribution in [1.82, 2.24) is 10.2 Å². The smallest absolute Gasteiger partial charge is 0.231 e. The van der Waals surface area contributed by atoms with Crippen LogP contribution in [0.2, 0.25) is 0 Å². The van der Waals surface area contributed by atoms with E-state index in [1.807, 2.05) is 4.90 Å². The van der Waals surface area contributed by atoms with Crippen LogP contribution in [0.25, 0.3) is 0 Å². The van der Waals surface area contributed by atoms with Gasteiger partial charge in [0.1, 0.15) is 0 Å². The number of methoxy groups -OCH3 is 1. The summed E-state index contributed by atoms with van der Waals surface area (Å²) < 4.78 is 5.39. The van der Waals surface area contributed by atoms with Gasteiger partial charge < -0.3 is 15.0 Å². The van der Waals surface area contributed by atoms with E-state index < -0.39 is 0 Å². The van der Waals surface area contributed by atoms with Gasteiger partial charge in [-0.05, 0) is 43.5 Å². The van der Waals surface area contributed by atoms with Gasteiger partial charge in [0.05, 0.1) is 12.0 Å². The van der Waals surface area contributed by atoms with Crippen LogP contribution < -0.4 is 5.32 Å². The monoisotopic (exact) mass is 324 g/mol. The first-order valence-electron chi connectivity index (χ1n) is 7.81. The van der Waals surface area contributed by atoms with Crippen LogP contribution in [0, 0.1) is 5.41 Å². The van der Waals surface area contributed by atoms with E-state index in [-0.39, 0.29) is 23.7 Å². The van der Waals surface area contributed by atoms with Crippen molar-refractivity contribution < 1.29 is 9.53 Å². The SMILES string of the molecule is COCC1(C(=O)N2CCc3ccccc3C2)CCNCC1.Cl. The maximum atomic E-state index is 13.1. The molecule has 1 amide bonds. The summed E-state index contributed by atoms with van der Waals surface area (Å²) in [6.45, 7) is 3.91. The first-order valence-corrected chi connectivity index (χ1v) is 7.81. The van der Waals surface area contributed by atoms with E-state index in [9.17, 15) is 4.79 Å². The zero-order valence-corrected chi connectivity index (χ0v) is 14.0. The summed E-state index contributed by atoms with van der Waals surface area (Å²) >= 11 is 0. The van der Waals surface area contributed by atoms with Gasteiger partial charge in [-0.1, -0.05) is 24.3 Å². The minimum absolute atomic E-state index is 0. The molecular formula is C17H25ClN2O2. The lowest BCUT2D eigenvalue weighted by Gasteiger charge is -2.41. The molecular weight excluding hydrogens is 300 g/mol. The number of hydrogen-bond acceptors (Lipinski definition) is 3. The van der Waals surface area contributed by atoms with Gasteiger partial charge >= 0.3 is 0 Å². The maximum Gasteiger partial charge on any atom is 0.231 e. The van der Waals surface area contributed by atoms with Crippen molar-refractivity contribution in [1.29, 1.82) is 0 Å². The summed E-state index contributed by atoms with van der Waals surface area (Å²) in [5.41, 5.74) is 2.35. The van der Waals surface area contributed by atoms with E-state index in [0.717, 1.165) is 45.4 Å². The van der Waals surface area contributed by atoms with Crippen LogP contribution in [0.15, 0.2) is 24.3 Å². The molecule has 1 N–H and O–H groups in total. The standard InChI is InChI=1S/C17H24N2O2.ClH/c1-21-13-17(7-9-18-10-8-17)16(20)19-11-6-14-4-2-3-5-15(14)12-19;/h2-5,18H,6-13H2,1H3;1H. The highest BCUT2D eigenvalue weighted by Gasteiger charge is 2.42. The van der Waals surface area contributed by atoms with Crippen LogP contribution in [0.4, 0.5) is 0 Å². The first-order chi connectivity index (χ1) is 10.2. The Hall–Kier alpha value is -1.10. The molecule has 2 aliphatic heterocycles. The van der Waals surface area contributed by atoms with Crippen molar-refractivity contribution in [2.75, 3.05) is 33.4 Å². The normalized spacial score (nSPS) is 20.0. The van der Waals surface area contributed by atoms with Crippen LogP contribution in [0.1, 0.15) is 24.0 Å². The molecule has 3 rings (SSSR count). The largest absolute Gasteiger partial charge is 0.384 e. The maximum absolute atomic E-state index is 13.1. The minimum Gasteiger partial charge on any atom is -0.384 e. The molecule has 0 bridgehead atoms. The number of rotatable bonds is 3. The Morgan fingerprint density at radius 1 is 1.27 bits per heavy atom. The lowest BCUT2D eigenvalue weighted by atomic mass is 9.77. The van der Waals surface area contributed by atoms with Gasteiger partial charge in [0.25, 0.3) is 0 Å². The third kappa shape index (κ3) is 3.29. The van der Waals surface area contributed by atoms with E-state index >= 15 is 0 Å². The van der Waals surface area contributed by atoms with Gasteiger partial charge in [-0.2, -0.15) is 0 Å². The number of benzene rings is 1. The fourth-order valence-electron chi connectivity index (χ4n) is 3.61. The Kier molecular flexibility index (Phi) is 5.84. The number of fused-ring (bicyclic) bond motifs is 1. The second-order valence-corrected chi connectivity index (χ2v) is 6.21. The molecule has 1 fully saturated rings. The van der Waals surface area contributed by atoms with Gasteiger partial charge in [0.15, 0.2) is 0 Å². The Morgan fingerprint density at radius 2 is 1.95 bits per heavy atom. The van der Waals surface area contributed by atoms with E-state index in [4.69, 9.17) is 4.74 Å². The molecule has 1 aromatic rings. The number of nitrogens with zero attached hydrogens (tertiary/aromatic N) is 1. The number of halogens is 1. The molecule has 2 aliphatic rings. The Morgan fingerprint density at radius 3 is 2.64 bits per heavy atom. The third-order valence-corrected chi connectivity index (χ3v) is 4.85. The van der Waals surface area contributed by atoms with E-state index in [2.05, 4.69) is 29.6 Å². The van der Waals surface area contributed by atoms with Crippen LogP contribution in [0.5, 0.6) is 0 Å². The topological polar surface area (TPSA) is 41.6 Å². The first kappa shape index (κ1) is 17.3. The average molecular weight is 325 g/mol. The third-order valence-electron chi connectivity index (χ3n) is 4.85. The fraction of sp³-hybridized carbons (Fsp3) is 0.588. The molecule has 0 unspecified atom stereocenters. The van der Waals surface area contributed by atoms with Gasteiger partial charge in [0, 0.05) is 20.2 Å². The molecule has 0 saturated carbocycles. The molecule has 22 heavy (non-hydrogen) atoms. The van der Waals surface area contributed by atoms with Crippen LogP contribution in [0.3, 0.4) is 0 Å². The number of hydrogen-bond donors (Lipinski definition) is 1. The number of carbonyl (C=O) groups excluding carboxylic acids is 1. The van der Waals surface area contributed by atoms with E-state index in [0.29, 0.717) is 6.61 Å².